The molecule has 7 heteroatoms. The number of aryl methyl sites for hydroxylation is 2. The SMILES string of the molecule is CCN(c1ccccc1)S(=O)(=O)c1c(C)c(C)cc2c(C)c(C(=O)N3CCCCCC3)oc12. The van der Waals surface area contributed by atoms with Gasteiger partial charge in [-0.25, -0.2) is 8.42 Å². The van der Waals surface area contributed by atoms with Crippen LogP contribution in [0.3, 0.4) is 0 Å². The monoisotopic (exact) mass is 468 g/mol. The summed E-state index contributed by atoms with van der Waals surface area (Å²) in [7, 11) is -3.93. The molecule has 176 valence electrons. The summed E-state index contributed by atoms with van der Waals surface area (Å²) in [5.41, 5.74) is 3.05. The lowest BCUT2D eigenvalue weighted by atomic mass is 10.0. The smallest absolute Gasteiger partial charge is 0.289 e. The number of sulfonamides is 1. The molecule has 0 bridgehead atoms. The highest BCUT2D eigenvalue weighted by atomic mass is 32.2. The van der Waals surface area contributed by atoms with Crippen LogP contribution in [-0.4, -0.2) is 38.9 Å². The van der Waals surface area contributed by atoms with Crippen LogP contribution in [0.4, 0.5) is 5.69 Å². The molecule has 0 aliphatic carbocycles. The van der Waals surface area contributed by atoms with E-state index in [-0.39, 0.29) is 28.7 Å². The van der Waals surface area contributed by atoms with Gasteiger partial charge in [0.1, 0.15) is 4.90 Å². The van der Waals surface area contributed by atoms with Gasteiger partial charge >= 0.3 is 0 Å². The molecule has 1 amide bonds. The molecular weight excluding hydrogens is 436 g/mol. The molecule has 4 rings (SSSR count). The lowest BCUT2D eigenvalue weighted by molar-refractivity contribution is 0.0731. The molecule has 0 radical (unpaired) electrons. The Hall–Kier alpha value is -2.80. The Bertz CT molecular complexity index is 1270. The summed E-state index contributed by atoms with van der Waals surface area (Å²) < 4.78 is 35.5. The largest absolute Gasteiger partial charge is 0.449 e. The number of amides is 1. The van der Waals surface area contributed by atoms with Gasteiger partial charge in [-0.15, -0.1) is 0 Å². The van der Waals surface area contributed by atoms with Gasteiger partial charge in [-0.05, 0) is 69.9 Å². The van der Waals surface area contributed by atoms with Crippen molar-refractivity contribution < 1.29 is 17.6 Å². The third kappa shape index (κ3) is 4.14. The Kier molecular flexibility index (Phi) is 6.52. The van der Waals surface area contributed by atoms with Crippen molar-refractivity contribution in [2.45, 2.75) is 58.3 Å². The molecule has 6 nitrogen and oxygen atoms in total. The maximum absolute atomic E-state index is 14.0. The van der Waals surface area contributed by atoms with Crippen LogP contribution in [0.15, 0.2) is 45.7 Å². The van der Waals surface area contributed by atoms with Crippen molar-refractivity contribution in [3.8, 4) is 0 Å². The van der Waals surface area contributed by atoms with Gasteiger partial charge in [-0.2, -0.15) is 0 Å². The number of para-hydroxylation sites is 1. The molecule has 0 N–H and O–H groups in total. The van der Waals surface area contributed by atoms with Gasteiger partial charge < -0.3 is 9.32 Å². The van der Waals surface area contributed by atoms with Crippen molar-refractivity contribution in [2.75, 3.05) is 23.9 Å². The molecular formula is C26H32N2O4S. The van der Waals surface area contributed by atoms with E-state index < -0.39 is 10.0 Å². The second kappa shape index (κ2) is 9.21. The summed E-state index contributed by atoms with van der Waals surface area (Å²) in [5.74, 6) is 0.0933. The third-order valence-corrected chi connectivity index (χ3v) is 8.72. The van der Waals surface area contributed by atoms with Crippen molar-refractivity contribution in [1.29, 1.82) is 0 Å². The van der Waals surface area contributed by atoms with E-state index in [0.29, 0.717) is 35.3 Å². The lowest BCUT2D eigenvalue weighted by Crippen LogP contribution is -2.32. The van der Waals surface area contributed by atoms with Gasteiger partial charge in [0.25, 0.3) is 15.9 Å². The van der Waals surface area contributed by atoms with E-state index in [1.807, 2.05) is 49.9 Å². The molecule has 1 aliphatic heterocycles. The summed E-state index contributed by atoms with van der Waals surface area (Å²) in [6, 6.07) is 11.0. The number of anilines is 1. The third-order valence-electron chi connectivity index (χ3n) is 6.66. The lowest BCUT2D eigenvalue weighted by Gasteiger charge is -2.24. The Morgan fingerprint density at radius 2 is 1.64 bits per heavy atom. The van der Waals surface area contributed by atoms with E-state index in [1.165, 1.54) is 4.31 Å². The highest BCUT2D eigenvalue weighted by Gasteiger charge is 2.33. The van der Waals surface area contributed by atoms with E-state index in [0.717, 1.165) is 31.2 Å². The fourth-order valence-electron chi connectivity index (χ4n) is 4.67. The first-order valence-corrected chi connectivity index (χ1v) is 13.1. The second-order valence-electron chi connectivity index (χ2n) is 8.79. The normalized spacial score (nSPS) is 15.0. The van der Waals surface area contributed by atoms with E-state index in [2.05, 4.69) is 0 Å². The van der Waals surface area contributed by atoms with Gasteiger partial charge in [0.05, 0.1) is 5.69 Å². The van der Waals surface area contributed by atoms with Crippen molar-refractivity contribution in [1.82, 2.24) is 4.90 Å². The first kappa shape index (κ1) is 23.4. The first-order chi connectivity index (χ1) is 15.8. The average molecular weight is 469 g/mol. The van der Waals surface area contributed by atoms with Gasteiger partial charge in [0.15, 0.2) is 11.3 Å². The minimum absolute atomic E-state index is 0.140. The molecule has 1 fully saturated rings. The van der Waals surface area contributed by atoms with E-state index in [1.54, 1.807) is 19.1 Å². The molecule has 1 aromatic heterocycles. The molecule has 2 aromatic carbocycles. The topological polar surface area (TPSA) is 70.8 Å². The van der Waals surface area contributed by atoms with Crippen LogP contribution in [0, 0.1) is 20.8 Å². The number of hydrogen-bond donors (Lipinski definition) is 0. The van der Waals surface area contributed by atoms with Crippen molar-refractivity contribution in [3.05, 3.63) is 58.8 Å². The van der Waals surface area contributed by atoms with Crippen LogP contribution < -0.4 is 4.31 Å². The van der Waals surface area contributed by atoms with Gasteiger partial charge in [0.2, 0.25) is 0 Å². The number of carbonyl (C=O) groups is 1. The number of rotatable bonds is 5. The number of furan rings is 1. The number of nitrogens with zero attached hydrogens (tertiary/aromatic N) is 2. The Labute approximate surface area is 196 Å². The maximum atomic E-state index is 14.0. The summed E-state index contributed by atoms with van der Waals surface area (Å²) in [4.78, 5) is 15.3. The quantitative estimate of drug-likeness (QED) is 0.489. The Morgan fingerprint density at radius 3 is 2.24 bits per heavy atom. The zero-order valence-electron chi connectivity index (χ0n) is 19.8. The van der Waals surface area contributed by atoms with Gasteiger partial charge in [-0.1, -0.05) is 31.0 Å². The van der Waals surface area contributed by atoms with Crippen LogP contribution in [-0.2, 0) is 10.0 Å². The average Bonchev–Trinajstić information content (AvgIpc) is 2.97. The fourth-order valence-corrected chi connectivity index (χ4v) is 6.56. The summed E-state index contributed by atoms with van der Waals surface area (Å²) in [6.07, 6.45) is 4.20. The minimum atomic E-state index is -3.93. The Morgan fingerprint density at radius 1 is 1.00 bits per heavy atom. The number of fused-ring (bicyclic) bond motifs is 1. The van der Waals surface area contributed by atoms with Crippen LogP contribution >= 0.6 is 0 Å². The van der Waals surface area contributed by atoms with Crippen LogP contribution in [0.2, 0.25) is 0 Å². The predicted octanol–water partition coefficient (Wildman–Crippen LogP) is 5.59. The zero-order valence-corrected chi connectivity index (χ0v) is 20.7. The highest BCUT2D eigenvalue weighted by Crippen LogP contribution is 2.37. The summed E-state index contributed by atoms with van der Waals surface area (Å²) in [6.45, 7) is 9.04. The fraction of sp³-hybridized carbons (Fsp3) is 0.423. The number of hydrogen-bond acceptors (Lipinski definition) is 4. The van der Waals surface area contributed by atoms with Gasteiger partial charge in [0, 0.05) is 30.6 Å². The van der Waals surface area contributed by atoms with Crippen molar-refractivity contribution in [3.63, 3.8) is 0 Å². The zero-order chi connectivity index (χ0) is 23.8. The minimum Gasteiger partial charge on any atom is -0.449 e. The standard InChI is InChI=1S/C26H32N2O4S/c1-5-28(21-13-9-8-10-14-21)33(30,31)25-19(3)18(2)17-22-20(4)23(32-24(22)25)26(29)27-15-11-6-7-12-16-27/h8-10,13-14,17H,5-7,11-12,15-16H2,1-4H3. The summed E-state index contributed by atoms with van der Waals surface area (Å²) in [5, 5.41) is 0.680. The first-order valence-electron chi connectivity index (χ1n) is 11.7. The number of likely N-dealkylation sites (tertiary alicyclic amines) is 1. The van der Waals surface area contributed by atoms with Gasteiger partial charge in [-0.3, -0.25) is 9.10 Å². The molecule has 0 unspecified atom stereocenters. The highest BCUT2D eigenvalue weighted by molar-refractivity contribution is 7.93. The van der Waals surface area contributed by atoms with Crippen LogP contribution in [0.25, 0.3) is 11.0 Å². The molecule has 1 aliphatic rings. The maximum Gasteiger partial charge on any atom is 0.289 e. The molecule has 0 atom stereocenters. The van der Waals surface area contributed by atoms with E-state index in [9.17, 15) is 13.2 Å². The van der Waals surface area contributed by atoms with Crippen molar-refractivity contribution in [2.24, 2.45) is 0 Å². The van der Waals surface area contributed by atoms with Crippen molar-refractivity contribution >= 4 is 32.6 Å². The Balaban J connectivity index is 1.89. The number of carbonyl (C=O) groups excluding carboxylic acids is 1. The summed E-state index contributed by atoms with van der Waals surface area (Å²) >= 11 is 0. The molecule has 2 heterocycles. The van der Waals surface area contributed by atoms with Crippen LogP contribution in [0.5, 0.6) is 0 Å². The molecule has 0 spiro atoms. The predicted molar refractivity (Wildman–Crippen MR) is 131 cm³/mol. The molecule has 3 aromatic rings. The molecule has 1 saturated heterocycles. The van der Waals surface area contributed by atoms with E-state index in [4.69, 9.17) is 4.42 Å². The molecule has 33 heavy (non-hydrogen) atoms. The number of benzene rings is 2. The second-order valence-corrected chi connectivity index (χ2v) is 10.6. The van der Waals surface area contributed by atoms with E-state index >= 15 is 0 Å². The van der Waals surface area contributed by atoms with Crippen LogP contribution in [0.1, 0.15) is 59.9 Å². The molecule has 0 saturated carbocycles.